The molecule has 1 aromatic heterocycles. The molecule has 1 rings (SSSR count). The first-order valence-electron chi connectivity index (χ1n) is 5.73. The predicted octanol–water partition coefficient (Wildman–Crippen LogP) is 2.69. The number of aliphatic carboxylic acids is 1. The smallest absolute Gasteiger partial charge is 0.323 e. The van der Waals surface area contributed by atoms with Crippen LogP contribution in [-0.4, -0.2) is 34.0 Å². The number of amides is 1. The predicted molar refractivity (Wildman–Crippen MR) is 72.2 cm³/mol. The van der Waals surface area contributed by atoms with Crippen LogP contribution in [-0.2, 0) is 4.79 Å². The Hall–Kier alpha value is -1.36. The van der Waals surface area contributed by atoms with E-state index in [0.717, 1.165) is 9.75 Å². The third-order valence-corrected chi connectivity index (χ3v) is 3.59. The number of rotatable bonds is 3. The van der Waals surface area contributed by atoms with Gasteiger partial charge in [0, 0.05) is 15.3 Å². The maximum absolute atomic E-state index is 12.4. The van der Waals surface area contributed by atoms with Crippen LogP contribution in [0, 0.1) is 13.8 Å². The van der Waals surface area contributed by atoms with E-state index in [4.69, 9.17) is 5.11 Å². The molecule has 0 bridgehead atoms. The molecule has 0 saturated heterocycles. The second-order valence-corrected chi connectivity index (χ2v) is 6.74. The number of carboxylic acid groups (broad SMARTS) is 1. The second-order valence-electron chi connectivity index (χ2n) is 5.28. The molecule has 1 amide bonds. The molecule has 0 unspecified atom stereocenters. The molecule has 100 valence electrons. The van der Waals surface area contributed by atoms with Crippen molar-refractivity contribution in [1.82, 2.24) is 4.90 Å². The standard InChI is InChI=1S/C13H19NO3S/c1-8-6-10(9(2)18-8)12(17)14(7-11(15)16)13(3,4)5/h6H,7H2,1-5H3,(H,15,16). The zero-order valence-corrected chi connectivity index (χ0v) is 12.2. The van der Waals surface area contributed by atoms with Gasteiger partial charge in [-0.15, -0.1) is 11.3 Å². The molecule has 0 radical (unpaired) electrons. The van der Waals surface area contributed by atoms with E-state index in [1.54, 1.807) is 11.3 Å². The van der Waals surface area contributed by atoms with Crippen molar-refractivity contribution in [1.29, 1.82) is 0 Å². The van der Waals surface area contributed by atoms with E-state index in [-0.39, 0.29) is 12.5 Å². The number of hydrogen-bond donors (Lipinski definition) is 1. The number of aryl methyl sites for hydroxylation is 2. The number of carbonyl (C=O) groups excluding carboxylic acids is 1. The van der Waals surface area contributed by atoms with Crippen LogP contribution < -0.4 is 0 Å². The maximum Gasteiger partial charge on any atom is 0.323 e. The fourth-order valence-corrected chi connectivity index (χ4v) is 2.65. The van der Waals surface area contributed by atoms with Crippen molar-refractivity contribution in [3.8, 4) is 0 Å². The first-order valence-corrected chi connectivity index (χ1v) is 6.55. The Balaban J connectivity index is 3.10. The van der Waals surface area contributed by atoms with Gasteiger partial charge in [-0.25, -0.2) is 0 Å². The topological polar surface area (TPSA) is 57.6 Å². The molecule has 0 fully saturated rings. The number of hydrogen-bond acceptors (Lipinski definition) is 3. The summed E-state index contributed by atoms with van der Waals surface area (Å²) in [4.78, 5) is 26.7. The highest BCUT2D eigenvalue weighted by atomic mass is 32.1. The lowest BCUT2D eigenvalue weighted by Crippen LogP contribution is -2.48. The first-order chi connectivity index (χ1) is 8.12. The SMILES string of the molecule is Cc1cc(C(=O)N(CC(=O)O)C(C)(C)C)c(C)s1. The molecule has 1 aromatic rings. The van der Waals surface area contributed by atoms with Gasteiger partial charge in [0.1, 0.15) is 6.54 Å². The van der Waals surface area contributed by atoms with Crippen molar-refractivity contribution >= 4 is 23.2 Å². The van der Waals surface area contributed by atoms with Crippen LogP contribution in [0.3, 0.4) is 0 Å². The van der Waals surface area contributed by atoms with E-state index in [1.165, 1.54) is 4.90 Å². The minimum Gasteiger partial charge on any atom is -0.480 e. The number of nitrogens with zero attached hydrogens (tertiary/aromatic N) is 1. The molecular weight excluding hydrogens is 250 g/mol. The van der Waals surface area contributed by atoms with Crippen molar-refractivity contribution < 1.29 is 14.7 Å². The minimum atomic E-state index is -0.997. The Morgan fingerprint density at radius 1 is 1.33 bits per heavy atom. The summed E-state index contributed by atoms with van der Waals surface area (Å²) in [6.07, 6.45) is 0. The van der Waals surface area contributed by atoms with E-state index in [2.05, 4.69) is 0 Å². The highest BCUT2D eigenvalue weighted by molar-refractivity contribution is 7.12. The molecule has 0 aliphatic rings. The third kappa shape index (κ3) is 3.32. The average molecular weight is 269 g/mol. The van der Waals surface area contributed by atoms with Crippen LogP contribution in [0.4, 0.5) is 0 Å². The highest BCUT2D eigenvalue weighted by Gasteiger charge is 2.30. The molecule has 0 spiro atoms. The molecule has 0 aliphatic carbocycles. The first kappa shape index (κ1) is 14.7. The summed E-state index contributed by atoms with van der Waals surface area (Å²) in [6.45, 7) is 9.05. The molecule has 1 N–H and O–H groups in total. The Morgan fingerprint density at radius 3 is 2.22 bits per heavy atom. The van der Waals surface area contributed by atoms with Gasteiger partial charge in [0.25, 0.3) is 5.91 Å². The second kappa shape index (κ2) is 5.10. The Kier molecular flexibility index (Phi) is 4.16. The molecular formula is C13H19NO3S. The van der Waals surface area contributed by atoms with Crippen LogP contribution in [0.25, 0.3) is 0 Å². The molecule has 0 aliphatic heterocycles. The average Bonchev–Trinajstić information content (AvgIpc) is 2.51. The van der Waals surface area contributed by atoms with Crippen molar-refractivity contribution in [3.05, 3.63) is 21.4 Å². The summed E-state index contributed by atoms with van der Waals surface area (Å²) < 4.78 is 0. The molecule has 5 heteroatoms. The van der Waals surface area contributed by atoms with Crippen molar-refractivity contribution in [3.63, 3.8) is 0 Å². The van der Waals surface area contributed by atoms with Gasteiger partial charge >= 0.3 is 5.97 Å². The molecule has 4 nitrogen and oxygen atoms in total. The summed E-state index contributed by atoms with van der Waals surface area (Å²) in [7, 11) is 0. The van der Waals surface area contributed by atoms with Gasteiger partial charge in [0.15, 0.2) is 0 Å². The van der Waals surface area contributed by atoms with Crippen molar-refractivity contribution in [2.24, 2.45) is 0 Å². The highest BCUT2D eigenvalue weighted by Crippen LogP contribution is 2.25. The summed E-state index contributed by atoms with van der Waals surface area (Å²) in [5.41, 5.74) is 0.0891. The van der Waals surface area contributed by atoms with Gasteiger partial charge in [0.05, 0.1) is 5.56 Å². The minimum absolute atomic E-state index is 0.216. The van der Waals surface area contributed by atoms with Gasteiger partial charge in [-0.3, -0.25) is 9.59 Å². The zero-order valence-electron chi connectivity index (χ0n) is 11.4. The monoisotopic (exact) mass is 269 g/mol. The number of thiophene rings is 1. The lowest BCUT2D eigenvalue weighted by molar-refractivity contribution is -0.138. The number of carboxylic acids is 1. The largest absolute Gasteiger partial charge is 0.480 e. The molecule has 0 saturated carbocycles. The summed E-state index contributed by atoms with van der Waals surface area (Å²) >= 11 is 1.55. The molecule has 1 heterocycles. The van der Waals surface area contributed by atoms with Gasteiger partial charge in [-0.05, 0) is 40.7 Å². The number of carbonyl (C=O) groups is 2. The summed E-state index contributed by atoms with van der Waals surface area (Å²) in [5.74, 6) is -1.21. The third-order valence-electron chi connectivity index (χ3n) is 2.62. The molecule has 0 aromatic carbocycles. The Labute approximate surface area is 111 Å². The zero-order chi connectivity index (χ0) is 14.1. The van der Waals surface area contributed by atoms with Crippen LogP contribution in [0.5, 0.6) is 0 Å². The van der Waals surface area contributed by atoms with Gasteiger partial charge in [0.2, 0.25) is 0 Å². The summed E-state index contributed by atoms with van der Waals surface area (Å²) in [5, 5.41) is 8.93. The Morgan fingerprint density at radius 2 is 1.89 bits per heavy atom. The van der Waals surface area contributed by atoms with Crippen LogP contribution >= 0.6 is 11.3 Å². The van der Waals surface area contributed by atoms with Crippen LogP contribution in [0.15, 0.2) is 6.07 Å². The molecule has 18 heavy (non-hydrogen) atoms. The van der Waals surface area contributed by atoms with Crippen molar-refractivity contribution in [2.75, 3.05) is 6.54 Å². The van der Waals surface area contributed by atoms with Crippen LogP contribution in [0.2, 0.25) is 0 Å². The van der Waals surface area contributed by atoms with E-state index >= 15 is 0 Å². The normalized spacial score (nSPS) is 11.4. The van der Waals surface area contributed by atoms with Gasteiger partial charge in [-0.1, -0.05) is 0 Å². The maximum atomic E-state index is 12.4. The summed E-state index contributed by atoms with van der Waals surface area (Å²) in [6, 6.07) is 1.82. The lowest BCUT2D eigenvalue weighted by Gasteiger charge is -2.34. The van der Waals surface area contributed by atoms with Crippen molar-refractivity contribution in [2.45, 2.75) is 40.2 Å². The van der Waals surface area contributed by atoms with Gasteiger partial charge in [-0.2, -0.15) is 0 Å². The van der Waals surface area contributed by atoms with E-state index in [9.17, 15) is 9.59 Å². The quantitative estimate of drug-likeness (QED) is 0.917. The van der Waals surface area contributed by atoms with Crippen LogP contribution in [0.1, 0.15) is 40.9 Å². The fraction of sp³-hybridized carbons (Fsp3) is 0.538. The Bertz CT molecular complexity index is 471. The van der Waals surface area contributed by atoms with E-state index in [1.807, 2.05) is 40.7 Å². The van der Waals surface area contributed by atoms with E-state index in [0.29, 0.717) is 5.56 Å². The molecule has 0 atom stereocenters. The fourth-order valence-electron chi connectivity index (χ4n) is 1.74. The van der Waals surface area contributed by atoms with Gasteiger partial charge < -0.3 is 10.0 Å². The lowest BCUT2D eigenvalue weighted by atomic mass is 10.0. The van der Waals surface area contributed by atoms with E-state index < -0.39 is 11.5 Å².